The predicted octanol–water partition coefficient (Wildman–Crippen LogP) is 3.40. The van der Waals surface area contributed by atoms with Gasteiger partial charge in [0.2, 0.25) is 0 Å². The van der Waals surface area contributed by atoms with Gasteiger partial charge in [0.15, 0.2) is 0 Å². The molecule has 0 aromatic heterocycles. The molecule has 3 nitrogen and oxygen atoms in total. The molecule has 0 spiro atoms. The minimum absolute atomic E-state index is 0.0886. The van der Waals surface area contributed by atoms with Gasteiger partial charge in [0, 0.05) is 5.02 Å². The van der Waals surface area contributed by atoms with Crippen LogP contribution in [0.5, 0.6) is 0 Å². The highest BCUT2D eigenvalue weighted by molar-refractivity contribution is 6.36. The molecule has 0 fully saturated rings. The van der Waals surface area contributed by atoms with E-state index in [1.54, 1.807) is 6.07 Å². The molecule has 0 bridgehead atoms. The number of hydrogen-bond acceptors (Lipinski definition) is 2. The maximum atomic E-state index is 11.2. The predicted molar refractivity (Wildman–Crippen MR) is 66.1 cm³/mol. The molecule has 0 aliphatic carbocycles. The minimum atomic E-state index is -0.931. The summed E-state index contributed by atoms with van der Waals surface area (Å²) in [4.78, 5) is 11.2. The summed E-state index contributed by atoms with van der Waals surface area (Å²) >= 11 is 11.7. The Morgan fingerprint density at radius 2 is 1.94 bits per heavy atom. The van der Waals surface area contributed by atoms with Gasteiger partial charge in [-0.2, -0.15) is 0 Å². The molecule has 0 saturated heterocycles. The van der Waals surface area contributed by atoms with Crippen LogP contribution in [-0.2, 0) is 4.79 Å². The van der Waals surface area contributed by atoms with E-state index in [-0.39, 0.29) is 16.6 Å². The zero-order valence-electron chi connectivity index (χ0n) is 9.00. The van der Waals surface area contributed by atoms with Crippen molar-refractivity contribution in [3.05, 3.63) is 27.7 Å². The fraction of sp³-hybridized carbons (Fsp3) is 0.364. The largest absolute Gasteiger partial charge is 0.481 e. The topological polar surface area (TPSA) is 63.3 Å². The highest BCUT2D eigenvalue weighted by Crippen LogP contribution is 2.35. The van der Waals surface area contributed by atoms with Crippen LogP contribution in [0.1, 0.15) is 25.3 Å². The number of carboxylic acid groups (broad SMARTS) is 1. The van der Waals surface area contributed by atoms with E-state index in [0.29, 0.717) is 10.6 Å². The average Bonchev–Trinajstić information content (AvgIpc) is 2.12. The van der Waals surface area contributed by atoms with Crippen LogP contribution in [0.3, 0.4) is 0 Å². The second-order valence-corrected chi connectivity index (χ2v) is 4.79. The first-order valence-corrected chi connectivity index (χ1v) is 5.57. The molecule has 1 atom stereocenters. The second kappa shape index (κ2) is 4.93. The minimum Gasteiger partial charge on any atom is -0.481 e. The van der Waals surface area contributed by atoms with Gasteiger partial charge < -0.3 is 10.8 Å². The molecule has 0 saturated carbocycles. The third-order valence-electron chi connectivity index (χ3n) is 2.39. The Labute approximate surface area is 104 Å². The molecule has 16 heavy (non-hydrogen) atoms. The van der Waals surface area contributed by atoms with Gasteiger partial charge in [-0.3, -0.25) is 4.79 Å². The normalized spacial score (nSPS) is 12.8. The lowest BCUT2D eigenvalue weighted by atomic mass is 9.87. The lowest BCUT2D eigenvalue weighted by Crippen LogP contribution is -2.19. The third kappa shape index (κ3) is 2.60. The number of aliphatic carboxylic acids is 1. The molecule has 88 valence electrons. The van der Waals surface area contributed by atoms with Crippen molar-refractivity contribution < 1.29 is 9.90 Å². The summed E-state index contributed by atoms with van der Waals surface area (Å²) in [5.74, 6) is -1.72. The van der Waals surface area contributed by atoms with Crippen molar-refractivity contribution in [3.63, 3.8) is 0 Å². The standard InChI is InChI=1S/C11H13Cl2NO2/c1-5(2)9(11(15)16)7-3-6(12)4-8(13)10(7)14/h3-5,9H,14H2,1-2H3,(H,15,16). The summed E-state index contributed by atoms with van der Waals surface area (Å²) < 4.78 is 0. The van der Waals surface area contributed by atoms with Crippen LogP contribution in [0, 0.1) is 5.92 Å². The molecule has 0 aliphatic heterocycles. The zero-order chi connectivity index (χ0) is 12.5. The van der Waals surface area contributed by atoms with E-state index in [4.69, 9.17) is 34.0 Å². The Hall–Kier alpha value is -0.930. The van der Waals surface area contributed by atoms with E-state index >= 15 is 0 Å². The van der Waals surface area contributed by atoms with Crippen molar-refractivity contribution in [1.82, 2.24) is 0 Å². The van der Waals surface area contributed by atoms with Gasteiger partial charge in [-0.1, -0.05) is 37.0 Å². The Morgan fingerprint density at radius 1 is 1.38 bits per heavy atom. The van der Waals surface area contributed by atoms with E-state index in [2.05, 4.69) is 0 Å². The molecular formula is C11H13Cl2NO2. The van der Waals surface area contributed by atoms with E-state index in [0.717, 1.165) is 0 Å². The van der Waals surface area contributed by atoms with Gasteiger partial charge in [-0.15, -0.1) is 0 Å². The van der Waals surface area contributed by atoms with Crippen LogP contribution >= 0.6 is 23.2 Å². The Balaban J connectivity index is 3.34. The molecule has 0 radical (unpaired) electrons. The molecule has 1 rings (SSSR count). The number of rotatable bonds is 3. The maximum absolute atomic E-state index is 11.2. The van der Waals surface area contributed by atoms with E-state index in [1.165, 1.54) is 6.07 Å². The molecule has 1 unspecified atom stereocenters. The highest BCUT2D eigenvalue weighted by Gasteiger charge is 2.26. The smallest absolute Gasteiger partial charge is 0.311 e. The second-order valence-electron chi connectivity index (χ2n) is 3.95. The van der Waals surface area contributed by atoms with Crippen LogP contribution in [0.2, 0.25) is 10.0 Å². The van der Waals surface area contributed by atoms with Crippen molar-refractivity contribution in [2.75, 3.05) is 5.73 Å². The number of carboxylic acids is 1. The van der Waals surface area contributed by atoms with Crippen LogP contribution in [-0.4, -0.2) is 11.1 Å². The van der Waals surface area contributed by atoms with Crippen LogP contribution < -0.4 is 5.73 Å². The summed E-state index contributed by atoms with van der Waals surface area (Å²) in [6, 6.07) is 3.06. The van der Waals surface area contributed by atoms with Gasteiger partial charge in [0.05, 0.1) is 16.6 Å². The number of anilines is 1. The zero-order valence-corrected chi connectivity index (χ0v) is 10.5. The van der Waals surface area contributed by atoms with Crippen molar-refractivity contribution in [2.45, 2.75) is 19.8 Å². The molecule has 5 heteroatoms. The van der Waals surface area contributed by atoms with Crippen LogP contribution in [0.4, 0.5) is 5.69 Å². The average molecular weight is 262 g/mol. The van der Waals surface area contributed by atoms with Crippen LogP contribution in [0.25, 0.3) is 0 Å². The quantitative estimate of drug-likeness (QED) is 0.820. The fourth-order valence-corrected chi connectivity index (χ4v) is 2.15. The van der Waals surface area contributed by atoms with Crippen molar-refractivity contribution in [2.24, 2.45) is 5.92 Å². The van der Waals surface area contributed by atoms with E-state index < -0.39 is 11.9 Å². The Morgan fingerprint density at radius 3 is 2.38 bits per heavy atom. The van der Waals surface area contributed by atoms with E-state index in [9.17, 15) is 4.79 Å². The first kappa shape index (κ1) is 13.1. The number of benzene rings is 1. The van der Waals surface area contributed by atoms with Gasteiger partial charge in [0.25, 0.3) is 0 Å². The van der Waals surface area contributed by atoms with E-state index in [1.807, 2.05) is 13.8 Å². The Kier molecular flexibility index (Phi) is 4.05. The summed E-state index contributed by atoms with van der Waals surface area (Å²) in [5.41, 5.74) is 6.53. The fourth-order valence-electron chi connectivity index (χ4n) is 1.64. The summed E-state index contributed by atoms with van der Waals surface area (Å²) in [6.07, 6.45) is 0. The first-order chi connectivity index (χ1) is 7.34. The number of nitrogens with two attached hydrogens (primary N) is 1. The molecular weight excluding hydrogens is 249 g/mol. The summed E-state index contributed by atoms with van der Waals surface area (Å²) in [5, 5.41) is 9.84. The lowest BCUT2D eigenvalue weighted by Gasteiger charge is -2.19. The van der Waals surface area contributed by atoms with Crippen molar-refractivity contribution in [1.29, 1.82) is 0 Å². The first-order valence-electron chi connectivity index (χ1n) is 4.81. The summed E-state index contributed by atoms with van der Waals surface area (Å²) in [6.45, 7) is 3.63. The highest BCUT2D eigenvalue weighted by atomic mass is 35.5. The maximum Gasteiger partial charge on any atom is 0.311 e. The van der Waals surface area contributed by atoms with Gasteiger partial charge in [-0.25, -0.2) is 0 Å². The molecule has 0 aliphatic rings. The Bertz CT molecular complexity index is 419. The molecule has 3 N–H and O–H groups in total. The number of hydrogen-bond donors (Lipinski definition) is 2. The van der Waals surface area contributed by atoms with Crippen molar-refractivity contribution in [3.8, 4) is 0 Å². The van der Waals surface area contributed by atoms with Crippen LogP contribution in [0.15, 0.2) is 12.1 Å². The summed E-state index contributed by atoms with van der Waals surface area (Å²) in [7, 11) is 0. The lowest BCUT2D eigenvalue weighted by molar-refractivity contribution is -0.139. The van der Waals surface area contributed by atoms with Gasteiger partial charge in [-0.05, 0) is 23.6 Å². The number of halogens is 2. The third-order valence-corrected chi connectivity index (χ3v) is 2.93. The molecule has 1 aromatic carbocycles. The number of carbonyl (C=O) groups is 1. The SMILES string of the molecule is CC(C)C(C(=O)O)c1cc(Cl)cc(Cl)c1N. The van der Waals surface area contributed by atoms with Gasteiger partial charge >= 0.3 is 5.97 Å². The number of nitrogen functional groups attached to an aromatic ring is 1. The van der Waals surface area contributed by atoms with Gasteiger partial charge in [0.1, 0.15) is 0 Å². The molecule has 0 heterocycles. The van der Waals surface area contributed by atoms with Crippen molar-refractivity contribution >= 4 is 34.9 Å². The molecule has 1 aromatic rings. The molecule has 0 amide bonds. The monoisotopic (exact) mass is 261 g/mol.